The molecule has 0 aromatic heterocycles. The zero-order valence-corrected chi connectivity index (χ0v) is 11.7. The van der Waals surface area contributed by atoms with E-state index < -0.39 is 0 Å². The largest absolute Gasteiger partial charge is 0.330 e. The van der Waals surface area contributed by atoms with E-state index in [4.69, 9.17) is 5.73 Å². The molecule has 0 heterocycles. The molecule has 1 aromatic rings. The van der Waals surface area contributed by atoms with E-state index in [0.717, 1.165) is 32.5 Å². The summed E-state index contributed by atoms with van der Waals surface area (Å²) in [5.41, 5.74) is 7.90. The number of nitrogens with one attached hydrogen (secondary N) is 1. The minimum Gasteiger partial charge on any atom is -0.330 e. The van der Waals surface area contributed by atoms with Gasteiger partial charge in [-0.15, -0.1) is 24.8 Å². The second-order valence-electron chi connectivity index (χ2n) is 3.62. The fourth-order valence-electron chi connectivity index (χ4n) is 1.40. The second-order valence-corrected chi connectivity index (χ2v) is 3.62. The third kappa shape index (κ3) is 8.22. The van der Waals surface area contributed by atoms with Gasteiger partial charge in [-0.2, -0.15) is 0 Å². The lowest BCUT2D eigenvalue weighted by molar-refractivity contribution is 0.627. The van der Waals surface area contributed by atoms with Crippen molar-refractivity contribution in [3.63, 3.8) is 0 Å². The Morgan fingerprint density at radius 3 is 2.29 bits per heavy atom. The van der Waals surface area contributed by atoms with Crippen molar-refractivity contribution in [3.8, 4) is 0 Å². The van der Waals surface area contributed by atoms with Gasteiger partial charge < -0.3 is 11.1 Å². The second kappa shape index (κ2) is 11.9. The molecule has 0 fully saturated rings. The number of hydrogen-bond donors (Lipinski definition) is 2. The molecular formula is C13H22Cl2N2. The summed E-state index contributed by atoms with van der Waals surface area (Å²) < 4.78 is 0. The highest BCUT2D eigenvalue weighted by Crippen LogP contribution is 2.04. The molecule has 0 radical (unpaired) electrons. The summed E-state index contributed by atoms with van der Waals surface area (Å²) in [4.78, 5) is 0. The highest BCUT2D eigenvalue weighted by atomic mass is 35.5. The predicted octanol–water partition coefficient (Wildman–Crippen LogP) is 3.00. The van der Waals surface area contributed by atoms with Gasteiger partial charge in [-0.25, -0.2) is 0 Å². The van der Waals surface area contributed by atoms with E-state index in [1.54, 1.807) is 0 Å². The van der Waals surface area contributed by atoms with E-state index in [-0.39, 0.29) is 24.8 Å². The van der Waals surface area contributed by atoms with Gasteiger partial charge in [0.25, 0.3) is 0 Å². The van der Waals surface area contributed by atoms with Crippen LogP contribution in [-0.2, 0) is 6.54 Å². The Bertz CT molecular complexity index is 286. The van der Waals surface area contributed by atoms with E-state index in [1.165, 1.54) is 11.1 Å². The predicted molar refractivity (Wildman–Crippen MR) is 81.0 cm³/mol. The monoisotopic (exact) mass is 276 g/mol. The number of halogens is 2. The van der Waals surface area contributed by atoms with Crippen LogP contribution in [0.2, 0.25) is 0 Å². The van der Waals surface area contributed by atoms with Crippen LogP contribution in [0.15, 0.2) is 30.8 Å². The van der Waals surface area contributed by atoms with Gasteiger partial charge in [0.05, 0.1) is 0 Å². The van der Waals surface area contributed by atoms with Crippen LogP contribution in [0.1, 0.15) is 24.0 Å². The molecule has 0 aliphatic rings. The number of nitrogens with two attached hydrogens (primary N) is 1. The normalized spacial score (nSPS) is 9.00. The van der Waals surface area contributed by atoms with E-state index in [2.05, 4.69) is 36.2 Å². The van der Waals surface area contributed by atoms with Gasteiger partial charge in [-0.05, 0) is 37.1 Å². The van der Waals surface area contributed by atoms with Gasteiger partial charge in [0.2, 0.25) is 0 Å². The highest BCUT2D eigenvalue weighted by Gasteiger charge is 1.92. The molecule has 0 bridgehead atoms. The minimum absolute atomic E-state index is 0. The third-order valence-corrected chi connectivity index (χ3v) is 2.35. The molecule has 98 valence electrons. The van der Waals surface area contributed by atoms with Gasteiger partial charge in [0.1, 0.15) is 0 Å². The number of rotatable bonds is 7. The summed E-state index contributed by atoms with van der Waals surface area (Å²) in [6, 6.07) is 8.44. The fourth-order valence-corrected chi connectivity index (χ4v) is 1.40. The van der Waals surface area contributed by atoms with Gasteiger partial charge in [-0.1, -0.05) is 36.9 Å². The van der Waals surface area contributed by atoms with Crippen LogP contribution < -0.4 is 11.1 Å². The van der Waals surface area contributed by atoms with E-state index in [0.29, 0.717) is 0 Å². The molecule has 0 spiro atoms. The Hall–Kier alpha value is -0.540. The van der Waals surface area contributed by atoms with Crippen molar-refractivity contribution < 1.29 is 0 Å². The molecule has 4 heteroatoms. The molecule has 1 aromatic carbocycles. The van der Waals surface area contributed by atoms with Crippen LogP contribution in [-0.4, -0.2) is 13.1 Å². The summed E-state index contributed by atoms with van der Waals surface area (Å²) in [7, 11) is 0. The van der Waals surface area contributed by atoms with E-state index in [1.807, 2.05) is 6.08 Å². The zero-order chi connectivity index (χ0) is 10.9. The van der Waals surface area contributed by atoms with Gasteiger partial charge in [0.15, 0.2) is 0 Å². The first kappa shape index (κ1) is 18.8. The molecule has 0 amide bonds. The van der Waals surface area contributed by atoms with Crippen LogP contribution >= 0.6 is 24.8 Å². The Morgan fingerprint density at radius 2 is 1.76 bits per heavy atom. The van der Waals surface area contributed by atoms with Gasteiger partial charge in [0, 0.05) is 6.54 Å². The third-order valence-electron chi connectivity index (χ3n) is 2.35. The lowest BCUT2D eigenvalue weighted by Gasteiger charge is -2.04. The van der Waals surface area contributed by atoms with Crippen molar-refractivity contribution >= 4 is 30.9 Å². The van der Waals surface area contributed by atoms with Crippen LogP contribution in [0.5, 0.6) is 0 Å². The molecule has 0 saturated carbocycles. The summed E-state index contributed by atoms with van der Waals surface area (Å²) >= 11 is 0. The number of hydrogen-bond acceptors (Lipinski definition) is 2. The standard InChI is InChI=1S/C13H20N2.2ClH/c1-2-12-5-7-13(8-6-12)11-15-10-4-3-9-14;;/h2,5-8,15H,1,3-4,9-11,14H2;2*1H. The van der Waals surface area contributed by atoms with Crippen LogP contribution in [0.4, 0.5) is 0 Å². The number of benzene rings is 1. The Labute approximate surface area is 116 Å². The molecule has 0 unspecified atom stereocenters. The maximum Gasteiger partial charge on any atom is 0.0205 e. The molecule has 2 nitrogen and oxygen atoms in total. The first-order valence-electron chi connectivity index (χ1n) is 5.49. The maximum absolute atomic E-state index is 5.42. The Kier molecular flexibility index (Phi) is 13.2. The summed E-state index contributed by atoms with van der Waals surface area (Å²) in [6.45, 7) is 6.49. The average molecular weight is 277 g/mol. The lowest BCUT2D eigenvalue weighted by atomic mass is 10.1. The molecule has 17 heavy (non-hydrogen) atoms. The summed E-state index contributed by atoms with van der Waals surface area (Å²) in [6.07, 6.45) is 4.11. The zero-order valence-electron chi connectivity index (χ0n) is 10.0. The van der Waals surface area contributed by atoms with Crippen LogP contribution in [0.25, 0.3) is 6.08 Å². The summed E-state index contributed by atoms with van der Waals surface area (Å²) in [5, 5.41) is 3.39. The lowest BCUT2D eigenvalue weighted by Crippen LogP contribution is -2.15. The van der Waals surface area contributed by atoms with Crippen molar-refractivity contribution in [3.05, 3.63) is 42.0 Å². The van der Waals surface area contributed by atoms with Crippen LogP contribution in [0, 0.1) is 0 Å². The van der Waals surface area contributed by atoms with Gasteiger partial charge >= 0.3 is 0 Å². The highest BCUT2D eigenvalue weighted by molar-refractivity contribution is 5.85. The first-order valence-corrected chi connectivity index (χ1v) is 5.49. The molecule has 3 N–H and O–H groups in total. The van der Waals surface area contributed by atoms with Crippen molar-refractivity contribution in [2.24, 2.45) is 5.73 Å². The minimum atomic E-state index is 0. The smallest absolute Gasteiger partial charge is 0.0205 e. The van der Waals surface area contributed by atoms with E-state index in [9.17, 15) is 0 Å². The average Bonchev–Trinajstić information content (AvgIpc) is 2.30. The molecule has 1 rings (SSSR count). The molecule has 0 saturated heterocycles. The van der Waals surface area contributed by atoms with Crippen LogP contribution in [0.3, 0.4) is 0 Å². The molecule has 0 aliphatic carbocycles. The quantitative estimate of drug-likeness (QED) is 0.752. The molecule has 0 aliphatic heterocycles. The fraction of sp³-hybridized carbons (Fsp3) is 0.385. The molecule has 0 atom stereocenters. The first-order chi connectivity index (χ1) is 7.36. The van der Waals surface area contributed by atoms with Crippen molar-refractivity contribution in [1.82, 2.24) is 5.32 Å². The van der Waals surface area contributed by atoms with Gasteiger partial charge in [-0.3, -0.25) is 0 Å². The Morgan fingerprint density at radius 1 is 1.12 bits per heavy atom. The van der Waals surface area contributed by atoms with Crippen molar-refractivity contribution in [2.75, 3.05) is 13.1 Å². The van der Waals surface area contributed by atoms with Crippen molar-refractivity contribution in [2.45, 2.75) is 19.4 Å². The summed E-state index contributed by atoms with van der Waals surface area (Å²) in [5.74, 6) is 0. The topological polar surface area (TPSA) is 38.0 Å². The molecular weight excluding hydrogens is 255 g/mol. The van der Waals surface area contributed by atoms with E-state index >= 15 is 0 Å². The SMILES string of the molecule is C=Cc1ccc(CNCCCCN)cc1.Cl.Cl. The number of unbranched alkanes of at least 4 members (excludes halogenated alkanes) is 1. The maximum atomic E-state index is 5.42. The Balaban J connectivity index is 0. The van der Waals surface area contributed by atoms with Crippen molar-refractivity contribution in [1.29, 1.82) is 0 Å².